The van der Waals surface area contributed by atoms with Crippen molar-refractivity contribution in [3.63, 3.8) is 0 Å². The van der Waals surface area contributed by atoms with Crippen molar-refractivity contribution in [1.29, 1.82) is 0 Å². The highest BCUT2D eigenvalue weighted by atomic mass is 16.2. The highest BCUT2D eigenvalue weighted by Gasteiger charge is 2.30. The molecule has 0 bridgehead atoms. The van der Waals surface area contributed by atoms with E-state index in [0.717, 1.165) is 37.4 Å². The normalized spacial score (nSPS) is 17.3. The number of aromatic nitrogens is 3. The molecule has 128 valence electrons. The number of aryl methyl sites for hydroxylation is 1. The Morgan fingerprint density at radius 1 is 1.33 bits per heavy atom. The van der Waals surface area contributed by atoms with E-state index in [2.05, 4.69) is 23.0 Å². The third-order valence-electron chi connectivity index (χ3n) is 4.61. The molecule has 1 amide bonds. The van der Waals surface area contributed by atoms with Crippen LogP contribution in [-0.2, 0) is 17.8 Å². The number of anilines is 1. The molecule has 0 N–H and O–H groups in total. The Balaban J connectivity index is 1.78. The van der Waals surface area contributed by atoms with Crippen molar-refractivity contribution in [2.75, 3.05) is 25.5 Å². The highest BCUT2D eigenvalue weighted by Crippen LogP contribution is 2.33. The maximum atomic E-state index is 12.8. The van der Waals surface area contributed by atoms with E-state index in [0.29, 0.717) is 6.54 Å². The Labute approximate surface area is 143 Å². The van der Waals surface area contributed by atoms with E-state index in [-0.39, 0.29) is 11.9 Å². The summed E-state index contributed by atoms with van der Waals surface area (Å²) < 4.78 is 1.95. The number of hydrogen-bond donors (Lipinski definition) is 0. The van der Waals surface area contributed by atoms with Crippen molar-refractivity contribution >= 4 is 11.7 Å². The van der Waals surface area contributed by atoms with Gasteiger partial charge in [-0.3, -0.25) is 4.79 Å². The van der Waals surface area contributed by atoms with Gasteiger partial charge in [0.2, 0.25) is 5.91 Å². The summed E-state index contributed by atoms with van der Waals surface area (Å²) in [6, 6.07) is 4.26. The fourth-order valence-corrected chi connectivity index (χ4v) is 3.33. The molecular weight excluding hydrogens is 302 g/mol. The zero-order valence-corrected chi connectivity index (χ0v) is 14.6. The molecule has 1 aliphatic rings. The second-order valence-electron chi connectivity index (χ2n) is 6.41. The van der Waals surface area contributed by atoms with Gasteiger partial charge in [-0.25, -0.2) is 9.97 Å². The molecule has 2 aromatic rings. The van der Waals surface area contributed by atoms with E-state index >= 15 is 0 Å². The summed E-state index contributed by atoms with van der Waals surface area (Å²) in [5.41, 5.74) is 1.17. The summed E-state index contributed by atoms with van der Waals surface area (Å²) in [6.07, 6.45) is 8.36. The molecule has 6 heteroatoms. The van der Waals surface area contributed by atoms with Gasteiger partial charge in [0.25, 0.3) is 0 Å². The summed E-state index contributed by atoms with van der Waals surface area (Å²) in [5, 5.41) is 0. The molecule has 2 aromatic heterocycles. The minimum atomic E-state index is 0.146. The van der Waals surface area contributed by atoms with Crippen LogP contribution in [0.15, 0.2) is 30.7 Å². The second-order valence-corrected chi connectivity index (χ2v) is 6.41. The first-order valence-electron chi connectivity index (χ1n) is 8.53. The molecule has 1 saturated heterocycles. The van der Waals surface area contributed by atoms with Crippen LogP contribution in [-0.4, -0.2) is 46.0 Å². The lowest BCUT2D eigenvalue weighted by Crippen LogP contribution is -2.33. The quantitative estimate of drug-likeness (QED) is 0.845. The van der Waals surface area contributed by atoms with Gasteiger partial charge in [0.15, 0.2) is 0 Å². The van der Waals surface area contributed by atoms with E-state index in [9.17, 15) is 4.79 Å². The van der Waals surface area contributed by atoms with Gasteiger partial charge in [0.1, 0.15) is 18.2 Å². The third-order valence-corrected chi connectivity index (χ3v) is 4.61. The summed E-state index contributed by atoms with van der Waals surface area (Å²) in [6.45, 7) is 3.24. The molecule has 6 nitrogen and oxygen atoms in total. The standard InChI is InChI=1S/C18H25N5O/c1-4-16-20-9-11-22(16)13-18(24)23-10-5-6-15(23)14-7-8-19-17(12-14)21(2)3/h7-9,11-12,15H,4-6,10,13H2,1-3H3. The average molecular weight is 327 g/mol. The summed E-state index contributed by atoms with van der Waals surface area (Å²) >= 11 is 0. The van der Waals surface area contributed by atoms with Crippen molar-refractivity contribution in [2.45, 2.75) is 38.8 Å². The van der Waals surface area contributed by atoms with Crippen LogP contribution in [0.2, 0.25) is 0 Å². The van der Waals surface area contributed by atoms with Crippen LogP contribution in [0.4, 0.5) is 5.82 Å². The molecule has 0 spiro atoms. The molecule has 0 aromatic carbocycles. The van der Waals surface area contributed by atoms with Gasteiger partial charge in [0, 0.05) is 45.7 Å². The smallest absolute Gasteiger partial charge is 0.243 e. The molecule has 1 fully saturated rings. The lowest BCUT2D eigenvalue weighted by molar-refractivity contribution is -0.132. The van der Waals surface area contributed by atoms with Gasteiger partial charge in [-0.2, -0.15) is 0 Å². The summed E-state index contributed by atoms with van der Waals surface area (Å²) in [7, 11) is 3.96. The summed E-state index contributed by atoms with van der Waals surface area (Å²) in [5.74, 6) is 2.04. The molecule has 1 aliphatic heterocycles. The van der Waals surface area contributed by atoms with Gasteiger partial charge in [-0.1, -0.05) is 6.92 Å². The molecule has 1 atom stereocenters. The number of imidazole rings is 1. The van der Waals surface area contributed by atoms with Crippen LogP contribution < -0.4 is 4.90 Å². The lowest BCUT2D eigenvalue weighted by Gasteiger charge is -2.26. The molecule has 1 unspecified atom stereocenters. The molecule has 0 saturated carbocycles. The van der Waals surface area contributed by atoms with Crippen molar-refractivity contribution in [2.24, 2.45) is 0 Å². The van der Waals surface area contributed by atoms with Crippen LogP contribution in [0.1, 0.15) is 37.2 Å². The minimum absolute atomic E-state index is 0.146. The Morgan fingerprint density at radius 2 is 2.17 bits per heavy atom. The van der Waals surface area contributed by atoms with E-state index < -0.39 is 0 Å². The van der Waals surface area contributed by atoms with Crippen LogP contribution in [0, 0.1) is 0 Å². The number of nitrogens with zero attached hydrogens (tertiary/aromatic N) is 5. The van der Waals surface area contributed by atoms with Gasteiger partial charge in [-0.05, 0) is 30.5 Å². The van der Waals surface area contributed by atoms with Gasteiger partial charge >= 0.3 is 0 Å². The molecular formula is C18H25N5O. The largest absolute Gasteiger partial charge is 0.363 e. The number of carbonyl (C=O) groups excluding carboxylic acids is 1. The Hall–Kier alpha value is -2.37. The Kier molecular flexibility index (Phi) is 4.83. The molecule has 3 heterocycles. The number of hydrogen-bond acceptors (Lipinski definition) is 4. The third kappa shape index (κ3) is 3.27. The number of carbonyl (C=O) groups is 1. The van der Waals surface area contributed by atoms with Crippen LogP contribution in [0.25, 0.3) is 0 Å². The fraction of sp³-hybridized carbons (Fsp3) is 0.500. The van der Waals surface area contributed by atoms with Crippen molar-refractivity contribution in [1.82, 2.24) is 19.4 Å². The molecule has 24 heavy (non-hydrogen) atoms. The molecule has 0 aliphatic carbocycles. The zero-order chi connectivity index (χ0) is 17.1. The Morgan fingerprint density at radius 3 is 2.92 bits per heavy atom. The predicted molar refractivity (Wildman–Crippen MR) is 93.9 cm³/mol. The number of likely N-dealkylation sites (tertiary alicyclic amines) is 1. The number of rotatable bonds is 5. The lowest BCUT2D eigenvalue weighted by atomic mass is 10.1. The van der Waals surface area contributed by atoms with Crippen molar-refractivity contribution < 1.29 is 4.79 Å². The van der Waals surface area contributed by atoms with E-state index in [4.69, 9.17) is 0 Å². The zero-order valence-electron chi connectivity index (χ0n) is 14.6. The van der Waals surface area contributed by atoms with Gasteiger partial charge in [0.05, 0.1) is 6.04 Å². The maximum Gasteiger partial charge on any atom is 0.243 e. The van der Waals surface area contributed by atoms with Crippen LogP contribution in [0.3, 0.4) is 0 Å². The number of amides is 1. The predicted octanol–water partition coefficient (Wildman–Crippen LogP) is 2.27. The maximum absolute atomic E-state index is 12.8. The Bertz CT molecular complexity index is 709. The van der Waals surface area contributed by atoms with Gasteiger partial charge < -0.3 is 14.4 Å². The SMILES string of the molecule is CCc1nccn1CC(=O)N1CCCC1c1ccnc(N(C)C)c1. The highest BCUT2D eigenvalue weighted by molar-refractivity contribution is 5.77. The van der Waals surface area contributed by atoms with Gasteiger partial charge in [-0.15, -0.1) is 0 Å². The monoisotopic (exact) mass is 327 g/mol. The first kappa shape index (κ1) is 16.5. The van der Waals surface area contributed by atoms with Crippen molar-refractivity contribution in [3.05, 3.63) is 42.1 Å². The topological polar surface area (TPSA) is 54.3 Å². The van der Waals surface area contributed by atoms with E-state index in [1.165, 1.54) is 5.56 Å². The fourth-order valence-electron chi connectivity index (χ4n) is 3.33. The summed E-state index contributed by atoms with van der Waals surface area (Å²) in [4.78, 5) is 25.5. The molecule has 3 rings (SSSR count). The first-order chi connectivity index (χ1) is 11.6. The van der Waals surface area contributed by atoms with Crippen LogP contribution >= 0.6 is 0 Å². The van der Waals surface area contributed by atoms with E-state index in [1.54, 1.807) is 6.20 Å². The van der Waals surface area contributed by atoms with E-state index in [1.807, 2.05) is 46.9 Å². The van der Waals surface area contributed by atoms with Crippen molar-refractivity contribution in [3.8, 4) is 0 Å². The minimum Gasteiger partial charge on any atom is -0.363 e. The number of pyridine rings is 1. The molecule has 0 radical (unpaired) electrons. The second kappa shape index (κ2) is 7.03. The average Bonchev–Trinajstić information content (AvgIpc) is 3.23. The first-order valence-corrected chi connectivity index (χ1v) is 8.53. The van der Waals surface area contributed by atoms with Crippen LogP contribution in [0.5, 0.6) is 0 Å².